The molecule has 0 radical (unpaired) electrons. The Kier molecular flexibility index (Phi) is 13.2. The molecular formula is C33H43N5O6S. The number of sulfonamides is 1. The maximum atomic E-state index is 13.7. The molecule has 0 spiro atoms. The van der Waals surface area contributed by atoms with Gasteiger partial charge in [-0.2, -0.15) is 0 Å². The number of hydrogen-bond donors (Lipinski definition) is 4. The number of hydrazine groups is 1. The number of nitrogens with two attached hydrogens (primary N) is 1. The highest BCUT2D eigenvalue weighted by molar-refractivity contribution is 7.89. The van der Waals surface area contributed by atoms with Gasteiger partial charge in [0.15, 0.2) is 0 Å². The zero-order valence-electron chi connectivity index (χ0n) is 26.0. The minimum atomic E-state index is -3.91. The van der Waals surface area contributed by atoms with Gasteiger partial charge in [-0.05, 0) is 55.2 Å². The third-order valence-corrected chi connectivity index (χ3v) is 8.56. The van der Waals surface area contributed by atoms with Crippen LogP contribution < -0.4 is 15.9 Å². The maximum absolute atomic E-state index is 13.7. The van der Waals surface area contributed by atoms with Crippen LogP contribution in [0.25, 0.3) is 0 Å². The van der Waals surface area contributed by atoms with Crippen molar-refractivity contribution in [3.63, 3.8) is 0 Å². The molecule has 12 heteroatoms. The van der Waals surface area contributed by atoms with Gasteiger partial charge in [-0.3, -0.25) is 14.4 Å². The number of hydrogen-bond acceptors (Lipinski definition) is 7. The molecule has 3 aromatic rings. The standard InChI is InChI=1S/C33H43N5O6S/c1-4-17-37(18-5-2)33(42)27-21-25(31(34)40)20-26(22-27)32(41)35-29(19-24-13-9-7-10-14-24)30(39)23-38(6-3)36-45(43,44)28-15-11-8-12-16-28/h7-16,20-22,29-30,36,39H,4-6,17-19,23H2,1-3H3,(H2,34,40)(H,35,41). The number of nitrogens with zero attached hydrogens (tertiary/aromatic N) is 2. The number of nitrogens with one attached hydrogen (secondary N) is 2. The summed E-state index contributed by atoms with van der Waals surface area (Å²) in [6, 6.07) is 20.3. The first-order chi connectivity index (χ1) is 21.5. The predicted molar refractivity (Wildman–Crippen MR) is 173 cm³/mol. The minimum absolute atomic E-state index is 0.00609. The second-order valence-electron chi connectivity index (χ2n) is 10.7. The highest BCUT2D eigenvalue weighted by Gasteiger charge is 2.27. The Morgan fingerprint density at radius 3 is 1.96 bits per heavy atom. The third kappa shape index (κ3) is 10.2. The largest absolute Gasteiger partial charge is 0.390 e. The van der Waals surface area contributed by atoms with Gasteiger partial charge in [0.1, 0.15) is 0 Å². The van der Waals surface area contributed by atoms with Crippen LogP contribution in [0.3, 0.4) is 0 Å². The van der Waals surface area contributed by atoms with Crippen molar-refractivity contribution in [2.24, 2.45) is 5.73 Å². The summed E-state index contributed by atoms with van der Waals surface area (Å²) >= 11 is 0. The normalized spacial score (nSPS) is 12.8. The van der Waals surface area contributed by atoms with Gasteiger partial charge in [0.2, 0.25) is 5.91 Å². The quantitative estimate of drug-likeness (QED) is 0.165. The van der Waals surface area contributed by atoms with E-state index in [1.165, 1.54) is 35.3 Å². The second kappa shape index (κ2) is 16.8. The number of rotatable bonds is 17. The van der Waals surface area contributed by atoms with E-state index in [1.807, 2.05) is 44.2 Å². The van der Waals surface area contributed by atoms with Crippen molar-refractivity contribution in [2.75, 3.05) is 26.2 Å². The molecule has 0 heterocycles. The van der Waals surface area contributed by atoms with E-state index in [-0.39, 0.29) is 47.0 Å². The number of carbonyl (C=O) groups excluding carboxylic acids is 3. The molecule has 0 aromatic heterocycles. The molecule has 0 saturated heterocycles. The molecule has 3 amide bonds. The van der Waals surface area contributed by atoms with Gasteiger partial charge >= 0.3 is 0 Å². The van der Waals surface area contributed by atoms with Gasteiger partial charge in [-0.1, -0.05) is 69.3 Å². The summed E-state index contributed by atoms with van der Waals surface area (Å²) in [5.74, 6) is -1.74. The highest BCUT2D eigenvalue weighted by atomic mass is 32.2. The Hall–Kier alpha value is -4.10. The van der Waals surface area contributed by atoms with Gasteiger partial charge in [-0.15, -0.1) is 4.83 Å². The molecule has 0 saturated carbocycles. The van der Waals surface area contributed by atoms with Crippen LogP contribution >= 0.6 is 0 Å². The van der Waals surface area contributed by atoms with E-state index in [0.29, 0.717) is 13.1 Å². The molecule has 2 atom stereocenters. The lowest BCUT2D eigenvalue weighted by Crippen LogP contribution is -2.53. The van der Waals surface area contributed by atoms with E-state index in [1.54, 1.807) is 30.0 Å². The van der Waals surface area contributed by atoms with E-state index in [9.17, 15) is 27.9 Å². The average molecular weight is 638 g/mol. The zero-order valence-corrected chi connectivity index (χ0v) is 26.8. The number of carbonyl (C=O) groups is 3. The van der Waals surface area contributed by atoms with Crippen molar-refractivity contribution in [1.82, 2.24) is 20.1 Å². The van der Waals surface area contributed by atoms with Crippen molar-refractivity contribution in [3.05, 3.63) is 101 Å². The first kappa shape index (κ1) is 35.4. The van der Waals surface area contributed by atoms with E-state index in [0.717, 1.165) is 18.4 Å². The molecular weight excluding hydrogens is 594 g/mol. The number of likely N-dealkylation sites (N-methyl/N-ethyl adjacent to an activating group) is 1. The van der Waals surface area contributed by atoms with E-state index < -0.39 is 34.0 Å². The number of aliphatic hydroxyl groups excluding tert-OH is 1. The fourth-order valence-corrected chi connectivity index (χ4v) is 6.04. The molecule has 242 valence electrons. The molecule has 0 fully saturated rings. The van der Waals surface area contributed by atoms with Crippen LogP contribution in [0.2, 0.25) is 0 Å². The van der Waals surface area contributed by atoms with Crippen LogP contribution in [0.4, 0.5) is 0 Å². The minimum Gasteiger partial charge on any atom is -0.390 e. The number of amides is 3. The monoisotopic (exact) mass is 637 g/mol. The fraction of sp³-hybridized carbons (Fsp3) is 0.364. The van der Waals surface area contributed by atoms with Crippen LogP contribution in [0.1, 0.15) is 70.3 Å². The molecule has 11 nitrogen and oxygen atoms in total. The summed E-state index contributed by atoms with van der Waals surface area (Å²) in [4.78, 5) is 43.4. The third-order valence-electron chi connectivity index (χ3n) is 7.17. The molecule has 0 bridgehead atoms. The zero-order chi connectivity index (χ0) is 33.0. The lowest BCUT2D eigenvalue weighted by atomic mass is 9.99. The van der Waals surface area contributed by atoms with Crippen molar-refractivity contribution < 1.29 is 27.9 Å². The summed E-state index contributed by atoms with van der Waals surface area (Å²) in [6.45, 7) is 6.77. The Balaban J connectivity index is 1.90. The molecule has 2 unspecified atom stereocenters. The van der Waals surface area contributed by atoms with Crippen LogP contribution in [0.5, 0.6) is 0 Å². The van der Waals surface area contributed by atoms with Crippen LogP contribution in [-0.4, -0.2) is 79.5 Å². The van der Waals surface area contributed by atoms with Crippen LogP contribution in [0, 0.1) is 0 Å². The van der Waals surface area contributed by atoms with Crippen molar-refractivity contribution in [2.45, 2.75) is 57.1 Å². The highest BCUT2D eigenvalue weighted by Crippen LogP contribution is 2.16. The summed E-state index contributed by atoms with van der Waals surface area (Å²) in [5.41, 5.74) is 6.58. The average Bonchev–Trinajstić information content (AvgIpc) is 3.04. The molecule has 5 N–H and O–H groups in total. The van der Waals surface area contributed by atoms with Crippen molar-refractivity contribution in [1.29, 1.82) is 0 Å². The van der Waals surface area contributed by atoms with E-state index >= 15 is 0 Å². The number of primary amides is 1. The number of benzene rings is 3. The van der Waals surface area contributed by atoms with Gasteiger partial charge < -0.3 is 21.1 Å². The van der Waals surface area contributed by atoms with Gasteiger partial charge in [0, 0.05) is 42.9 Å². The summed E-state index contributed by atoms with van der Waals surface area (Å²) in [5, 5.41) is 15.6. The van der Waals surface area contributed by atoms with Crippen molar-refractivity contribution >= 4 is 27.7 Å². The Morgan fingerprint density at radius 2 is 1.40 bits per heavy atom. The SMILES string of the molecule is CCCN(CCC)C(=O)c1cc(C(N)=O)cc(C(=O)NC(Cc2ccccc2)C(O)CN(CC)NS(=O)(=O)c2ccccc2)c1. The first-order valence-corrected chi connectivity index (χ1v) is 16.6. The summed E-state index contributed by atoms with van der Waals surface area (Å²) in [6.07, 6.45) is 0.477. The Labute approximate surface area is 265 Å². The fourth-order valence-electron chi connectivity index (χ4n) is 4.87. The smallest absolute Gasteiger partial charge is 0.253 e. The predicted octanol–water partition coefficient (Wildman–Crippen LogP) is 2.97. The summed E-state index contributed by atoms with van der Waals surface area (Å²) in [7, 11) is -3.91. The molecule has 3 aromatic carbocycles. The van der Waals surface area contributed by atoms with E-state index in [4.69, 9.17) is 5.73 Å². The lowest BCUT2D eigenvalue weighted by Gasteiger charge is -2.30. The molecule has 0 aliphatic rings. The second-order valence-corrected chi connectivity index (χ2v) is 12.4. The number of aliphatic hydroxyl groups is 1. The molecule has 3 rings (SSSR count). The van der Waals surface area contributed by atoms with Crippen LogP contribution in [0.15, 0.2) is 83.8 Å². The topological polar surface area (TPSA) is 162 Å². The van der Waals surface area contributed by atoms with Crippen LogP contribution in [-0.2, 0) is 16.4 Å². The van der Waals surface area contributed by atoms with Gasteiger partial charge in [-0.25, -0.2) is 13.4 Å². The van der Waals surface area contributed by atoms with E-state index in [2.05, 4.69) is 10.1 Å². The molecule has 0 aliphatic heterocycles. The first-order valence-electron chi connectivity index (χ1n) is 15.1. The maximum Gasteiger partial charge on any atom is 0.253 e. The van der Waals surface area contributed by atoms with Gasteiger partial charge in [0.05, 0.1) is 17.0 Å². The summed E-state index contributed by atoms with van der Waals surface area (Å²) < 4.78 is 25.9. The van der Waals surface area contributed by atoms with Gasteiger partial charge in [0.25, 0.3) is 21.8 Å². The molecule has 0 aliphatic carbocycles. The molecule has 45 heavy (non-hydrogen) atoms. The van der Waals surface area contributed by atoms with Crippen molar-refractivity contribution in [3.8, 4) is 0 Å². The Bertz CT molecular complexity index is 1530. The lowest BCUT2D eigenvalue weighted by molar-refractivity contribution is 0.0635. The Morgan fingerprint density at radius 1 is 0.844 bits per heavy atom.